The lowest BCUT2D eigenvalue weighted by Crippen LogP contribution is -2.28. The fraction of sp³-hybridized carbons (Fsp3) is 0.323. The molecule has 0 aromatic heterocycles. The van der Waals surface area contributed by atoms with E-state index in [0.29, 0.717) is 33.6 Å². The zero-order valence-electron chi connectivity index (χ0n) is 22.9. The van der Waals surface area contributed by atoms with Gasteiger partial charge in [-0.25, -0.2) is 0 Å². The van der Waals surface area contributed by atoms with Crippen molar-refractivity contribution in [1.82, 2.24) is 0 Å². The third kappa shape index (κ3) is 4.65. The van der Waals surface area contributed by atoms with E-state index in [1.807, 2.05) is 0 Å². The topological polar surface area (TPSA) is 40.5 Å². The highest BCUT2D eigenvalue weighted by Crippen LogP contribution is 2.50. The molecule has 0 bridgehead atoms. The van der Waals surface area contributed by atoms with E-state index in [9.17, 15) is 36.2 Å². The normalized spacial score (nSPS) is 19.4. The van der Waals surface area contributed by atoms with Crippen LogP contribution in [0, 0.1) is 6.92 Å². The van der Waals surface area contributed by atoms with Crippen LogP contribution in [0.1, 0.15) is 55.5 Å². The minimum Gasteiger partial charge on any atom is -0.506 e. The molecule has 0 atom stereocenters. The number of rotatable bonds is 4. The van der Waals surface area contributed by atoms with Gasteiger partial charge in [0.1, 0.15) is 5.76 Å². The maximum atomic E-state index is 13.3. The number of nitrogens with zero attached hydrogens (tertiary/aromatic N) is 1. The Labute approximate surface area is 228 Å². The van der Waals surface area contributed by atoms with E-state index < -0.39 is 40.1 Å². The highest BCUT2D eigenvalue weighted by Gasteiger charge is 2.43. The minimum absolute atomic E-state index is 0.00844. The van der Waals surface area contributed by atoms with Crippen molar-refractivity contribution in [1.29, 1.82) is 0 Å². The number of hydrogen-bond donors (Lipinski definition) is 1. The number of hydrogen-bond acceptors (Lipinski definition) is 3. The van der Waals surface area contributed by atoms with E-state index in [4.69, 9.17) is 0 Å². The van der Waals surface area contributed by atoms with Crippen molar-refractivity contribution in [2.75, 3.05) is 11.9 Å². The number of anilines is 1. The fourth-order valence-electron chi connectivity index (χ4n) is 5.32. The number of ketones is 1. The van der Waals surface area contributed by atoms with Gasteiger partial charge in [0, 0.05) is 29.3 Å². The fourth-order valence-corrected chi connectivity index (χ4v) is 5.32. The Balaban J connectivity index is 1.68. The second kappa shape index (κ2) is 9.14. The first-order valence-corrected chi connectivity index (χ1v) is 12.4. The van der Waals surface area contributed by atoms with Crippen molar-refractivity contribution >= 4 is 11.5 Å². The second-order valence-electron chi connectivity index (χ2n) is 11.3. The number of fused-ring (bicyclic) bond motifs is 1. The van der Waals surface area contributed by atoms with Crippen LogP contribution in [0.3, 0.4) is 0 Å². The predicted molar refractivity (Wildman–Crippen MR) is 142 cm³/mol. The van der Waals surface area contributed by atoms with Gasteiger partial charge in [-0.3, -0.25) is 4.79 Å². The van der Waals surface area contributed by atoms with Gasteiger partial charge in [-0.2, -0.15) is 26.3 Å². The van der Waals surface area contributed by atoms with Crippen LogP contribution in [0.15, 0.2) is 83.3 Å². The van der Waals surface area contributed by atoms with Crippen molar-refractivity contribution in [3.05, 3.63) is 111 Å². The Bertz CT molecular complexity index is 1530. The van der Waals surface area contributed by atoms with E-state index in [1.165, 1.54) is 24.3 Å². The number of aliphatic hydroxyl groups excluding tert-OH is 1. The Hall–Kier alpha value is -3.75. The highest BCUT2D eigenvalue weighted by molar-refractivity contribution is 6.21. The van der Waals surface area contributed by atoms with Crippen LogP contribution >= 0.6 is 0 Å². The van der Waals surface area contributed by atoms with E-state index in [2.05, 4.69) is 6.58 Å². The summed E-state index contributed by atoms with van der Waals surface area (Å²) >= 11 is 0. The summed E-state index contributed by atoms with van der Waals surface area (Å²) in [4.78, 5) is 14.8. The van der Waals surface area contributed by atoms with Crippen LogP contribution in [-0.4, -0.2) is 17.9 Å². The standard InChI is InChI=1S/C31H29F6NO2/c1-16-8-9-18(30(32,33)34)13-22(16)28(3,4)17(2)12-20-26(39)21(27(20)40)15-25-29(5,6)23-14-19(31(35,36)37)10-11-24(23)38(25)7/h8-15,39H,2H2,1,3-7H3/b20-12-,25-15-. The van der Waals surface area contributed by atoms with Gasteiger partial charge in [0.05, 0.1) is 22.3 Å². The number of benzene rings is 2. The van der Waals surface area contributed by atoms with Crippen molar-refractivity contribution in [3.8, 4) is 0 Å². The van der Waals surface area contributed by atoms with Gasteiger partial charge in [-0.15, -0.1) is 0 Å². The number of alkyl halides is 6. The summed E-state index contributed by atoms with van der Waals surface area (Å²) in [6, 6.07) is 6.92. The van der Waals surface area contributed by atoms with Crippen molar-refractivity contribution in [3.63, 3.8) is 0 Å². The molecule has 40 heavy (non-hydrogen) atoms. The maximum absolute atomic E-state index is 13.3. The SMILES string of the molecule is C=C(/C=C1\C(=O)C(/C=C2\N(C)c3ccc(C(F)(F)F)cc3C2(C)C)=C1O)C(C)(C)c1cc(C(F)(F)F)ccc1C. The van der Waals surface area contributed by atoms with Crippen LogP contribution in [0.5, 0.6) is 0 Å². The molecule has 1 aliphatic carbocycles. The van der Waals surface area contributed by atoms with E-state index in [1.54, 1.807) is 46.6 Å². The molecule has 1 aliphatic heterocycles. The summed E-state index contributed by atoms with van der Waals surface area (Å²) in [5.41, 5.74) is -0.697. The molecule has 2 aliphatic rings. The molecule has 0 unspecified atom stereocenters. The van der Waals surface area contributed by atoms with Crippen molar-refractivity contribution in [2.45, 2.75) is 57.8 Å². The summed E-state index contributed by atoms with van der Waals surface area (Å²) in [6.07, 6.45) is -6.20. The summed E-state index contributed by atoms with van der Waals surface area (Å²) in [5, 5.41) is 10.8. The molecule has 0 radical (unpaired) electrons. The second-order valence-corrected chi connectivity index (χ2v) is 11.3. The van der Waals surface area contributed by atoms with Gasteiger partial charge in [0.25, 0.3) is 0 Å². The first kappa shape index (κ1) is 29.2. The van der Waals surface area contributed by atoms with Crippen molar-refractivity contribution in [2.24, 2.45) is 0 Å². The zero-order chi connectivity index (χ0) is 30.2. The van der Waals surface area contributed by atoms with E-state index in [0.717, 1.165) is 24.3 Å². The lowest BCUT2D eigenvalue weighted by Gasteiger charge is -2.31. The zero-order valence-corrected chi connectivity index (χ0v) is 22.9. The number of allylic oxidation sites excluding steroid dienone is 6. The number of aliphatic hydroxyl groups is 1. The Kier molecular flexibility index (Phi) is 6.68. The number of likely N-dealkylation sites (N-methyl/N-ethyl adjacent to an activating group) is 1. The van der Waals surface area contributed by atoms with Gasteiger partial charge in [0.2, 0.25) is 5.78 Å². The van der Waals surface area contributed by atoms with Gasteiger partial charge >= 0.3 is 12.4 Å². The average molecular weight is 562 g/mol. The van der Waals surface area contributed by atoms with Crippen molar-refractivity contribution < 1.29 is 36.2 Å². The van der Waals surface area contributed by atoms with Crippen LogP contribution < -0.4 is 4.90 Å². The third-order valence-electron chi connectivity index (χ3n) is 8.00. The molecular formula is C31H29F6NO2. The number of carbonyl (C=O) groups is 1. The van der Waals surface area contributed by atoms with Gasteiger partial charge in [-0.1, -0.05) is 40.3 Å². The monoisotopic (exact) mass is 561 g/mol. The molecule has 212 valence electrons. The molecule has 4 rings (SSSR count). The molecule has 0 saturated heterocycles. The molecular weight excluding hydrogens is 532 g/mol. The Morgan fingerprint density at radius 1 is 0.975 bits per heavy atom. The summed E-state index contributed by atoms with van der Waals surface area (Å²) in [6.45, 7) is 12.5. The molecule has 2 aromatic carbocycles. The third-order valence-corrected chi connectivity index (χ3v) is 8.00. The molecule has 9 heteroatoms. The molecule has 2 aromatic rings. The molecule has 0 fully saturated rings. The molecule has 3 nitrogen and oxygen atoms in total. The molecule has 1 N–H and O–H groups in total. The maximum Gasteiger partial charge on any atom is 0.416 e. The predicted octanol–water partition coefficient (Wildman–Crippen LogP) is 8.50. The van der Waals surface area contributed by atoms with Gasteiger partial charge < -0.3 is 10.0 Å². The summed E-state index contributed by atoms with van der Waals surface area (Å²) in [7, 11) is 1.67. The van der Waals surface area contributed by atoms with Crippen LogP contribution in [0.25, 0.3) is 0 Å². The first-order chi connectivity index (χ1) is 18.2. The van der Waals surface area contributed by atoms with E-state index >= 15 is 0 Å². The lowest BCUT2D eigenvalue weighted by molar-refractivity contribution is -0.138. The van der Waals surface area contributed by atoms with Crippen LogP contribution in [0.2, 0.25) is 0 Å². The molecule has 0 saturated carbocycles. The molecule has 0 spiro atoms. The Morgan fingerprint density at radius 2 is 1.52 bits per heavy atom. The number of aryl methyl sites for hydroxylation is 1. The summed E-state index contributed by atoms with van der Waals surface area (Å²) < 4.78 is 80.0. The summed E-state index contributed by atoms with van der Waals surface area (Å²) in [5.74, 6) is -0.815. The Morgan fingerprint density at radius 3 is 2.08 bits per heavy atom. The average Bonchev–Trinajstić information content (AvgIpc) is 3.03. The lowest BCUT2D eigenvalue weighted by atomic mass is 9.73. The van der Waals surface area contributed by atoms with Gasteiger partial charge in [0.15, 0.2) is 0 Å². The van der Waals surface area contributed by atoms with Gasteiger partial charge in [-0.05, 0) is 71.7 Å². The largest absolute Gasteiger partial charge is 0.506 e. The minimum atomic E-state index is -4.53. The quantitative estimate of drug-likeness (QED) is 0.301. The van der Waals surface area contributed by atoms with Crippen LogP contribution in [0.4, 0.5) is 32.0 Å². The number of Topliss-reactive ketones (excluding diaryl/α,β-unsaturated/α-hetero) is 1. The molecule has 0 amide bonds. The van der Waals surface area contributed by atoms with Crippen LogP contribution in [-0.2, 0) is 28.0 Å². The van der Waals surface area contributed by atoms with E-state index in [-0.39, 0.29) is 16.9 Å². The number of halogens is 6. The smallest absolute Gasteiger partial charge is 0.416 e. The molecule has 1 heterocycles. The first-order valence-electron chi connectivity index (χ1n) is 12.4. The number of carbonyl (C=O) groups excluding carboxylic acids is 1. The highest BCUT2D eigenvalue weighted by atomic mass is 19.4.